The Hall–Kier alpha value is -0.970. The Bertz CT molecular complexity index is 179. The van der Waals surface area contributed by atoms with Gasteiger partial charge in [0.05, 0.1) is 12.5 Å². The molecule has 2 heteroatoms. The number of allylic oxidation sites excluding steroid dienone is 1. The average molecular weight is 208 g/mol. The number of nitrogens with one attached hydrogen (secondary N) is 1. The lowest BCUT2D eigenvalue weighted by molar-refractivity contribution is 0.611. The highest BCUT2D eigenvalue weighted by Crippen LogP contribution is 2.06. The molecule has 0 atom stereocenters. The van der Waals surface area contributed by atoms with Crippen molar-refractivity contribution in [2.24, 2.45) is 0 Å². The molecule has 86 valence electrons. The first kappa shape index (κ1) is 14.0. The molecular formula is C13H24N2. The van der Waals surface area contributed by atoms with E-state index in [0.29, 0.717) is 6.42 Å². The molecule has 0 amide bonds. The van der Waals surface area contributed by atoms with Crippen molar-refractivity contribution in [3.05, 3.63) is 12.3 Å². The molecule has 0 aliphatic rings. The van der Waals surface area contributed by atoms with Crippen LogP contribution in [0.1, 0.15) is 58.3 Å². The minimum absolute atomic E-state index is 0.585. The monoisotopic (exact) mass is 208 g/mol. The Morgan fingerprint density at radius 3 is 2.60 bits per heavy atom. The number of unbranched alkanes of at least 4 members (excludes halogenated alkanes) is 6. The lowest BCUT2D eigenvalue weighted by atomic mass is 10.1. The quantitative estimate of drug-likeness (QED) is 0.555. The molecule has 1 N–H and O–H groups in total. The molecule has 0 aliphatic carbocycles. The molecule has 0 bridgehead atoms. The molecule has 0 heterocycles. The third-order valence-corrected chi connectivity index (χ3v) is 2.34. The largest absolute Gasteiger partial charge is 0.390 e. The summed E-state index contributed by atoms with van der Waals surface area (Å²) in [5, 5.41) is 11.4. The predicted molar refractivity (Wildman–Crippen MR) is 65.4 cm³/mol. The van der Waals surface area contributed by atoms with Crippen LogP contribution in [-0.4, -0.2) is 6.54 Å². The van der Waals surface area contributed by atoms with Gasteiger partial charge in [-0.1, -0.05) is 45.1 Å². The van der Waals surface area contributed by atoms with E-state index >= 15 is 0 Å². The summed E-state index contributed by atoms with van der Waals surface area (Å²) in [5.41, 5.74) is 0. The molecule has 0 spiro atoms. The maximum Gasteiger partial charge on any atom is 0.0640 e. The van der Waals surface area contributed by atoms with Gasteiger partial charge in [0.2, 0.25) is 0 Å². The van der Waals surface area contributed by atoms with Crippen LogP contribution in [0.15, 0.2) is 12.3 Å². The van der Waals surface area contributed by atoms with Gasteiger partial charge in [-0.3, -0.25) is 0 Å². The van der Waals surface area contributed by atoms with Crippen molar-refractivity contribution in [3.8, 4) is 6.07 Å². The molecule has 0 saturated carbocycles. The molecule has 0 aromatic carbocycles. The topological polar surface area (TPSA) is 35.8 Å². The molecule has 2 nitrogen and oxygen atoms in total. The number of rotatable bonds is 10. The second kappa shape index (κ2) is 13.0. The van der Waals surface area contributed by atoms with E-state index in [9.17, 15) is 0 Å². The van der Waals surface area contributed by atoms with E-state index in [1.807, 2.05) is 6.20 Å². The third kappa shape index (κ3) is 13.0. The van der Waals surface area contributed by atoms with Gasteiger partial charge in [-0.2, -0.15) is 5.26 Å². The zero-order valence-electron chi connectivity index (χ0n) is 9.97. The van der Waals surface area contributed by atoms with Crippen LogP contribution in [0.5, 0.6) is 0 Å². The van der Waals surface area contributed by atoms with E-state index < -0.39 is 0 Å². The summed E-state index contributed by atoms with van der Waals surface area (Å²) in [6.45, 7) is 3.01. The number of nitriles is 1. The summed E-state index contributed by atoms with van der Waals surface area (Å²) in [5.74, 6) is 0. The summed E-state index contributed by atoms with van der Waals surface area (Å²) < 4.78 is 0. The van der Waals surface area contributed by atoms with Crippen LogP contribution in [0, 0.1) is 11.3 Å². The Morgan fingerprint density at radius 1 is 1.13 bits per heavy atom. The Morgan fingerprint density at radius 2 is 1.87 bits per heavy atom. The molecule has 0 saturated heterocycles. The number of hydrogen-bond donors (Lipinski definition) is 1. The molecule has 0 radical (unpaired) electrons. The van der Waals surface area contributed by atoms with Gasteiger partial charge in [0.15, 0.2) is 0 Å². The summed E-state index contributed by atoms with van der Waals surface area (Å²) in [6, 6.07) is 2.10. The third-order valence-electron chi connectivity index (χ3n) is 2.34. The lowest BCUT2D eigenvalue weighted by Gasteiger charge is -1.98. The Labute approximate surface area is 94.4 Å². The maximum absolute atomic E-state index is 8.30. The van der Waals surface area contributed by atoms with Crippen LogP contribution in [0.25, 0.3) is 0 Å². The highest BCUT2D eigenvalue weighted by Gasteiger charge is 1.87. The molecule has 0 aliphatic heterocycles. The van der Waals surface area contributed by atoms with E-state index in [1.165, 1.54) is 38.5 Å². The Balaban J connectivity index is 3.00. The van der Waals surface area contributed by atoms with Crippen LogP contribution in [0.3, 0.4) is 0 Å². The SMILES string of the molecule is CCCCCCCC/C=C/NCCC#N. The summed E-state index contributed by atoms with van der Waals surface area (Å²) in [7, 11) is 0. The van der Waals surface area contributed by atoms with Crippen molar-refractivity contribution in [2.75, 3.05) is 6.54 Å². The van der Waals surface area contributed by atoms with Gasteiger partial charge >= 0.3 is 0 Å². The van der Waals surface area contributed by atoms with Crippen LogP contribution in [0.4, 0.5) is 0 Å². The van der Waals surface area contributed by atoms with Crippen LogP contribution >= 0.6 is 0 Å². The zero-order chi connectivity index (χ0) is 11.2. The van der Waals surface area contributed by atoms with Crippen LogP contribution in [-0.2, 0) is 0 Å². The van der Waals surface area contributed by atoms with E-state index in [-0.39, 0.29) is 0 Å². The second-order valence-electron chi connectivity index (χ2n) is 3.82. The van der Waals surface area contributed by atoms with Gasteiger partial charge in [-0.05, 0) is 19.0 Å². The zero-order valence-corrected chi connectivity index (χ0v) is 9.97. The molecule has 0 aromatic heterocycles. The normalized spacial score (nSPS) is 10.4. The first-order valence-electron chi connectivity index (χ1n) is 6.17. The number of nitrogens with zero attached hydrogens (tertiary/aromatic N) is 1. The van der Waals surface area contributed by atoms with Crippen LogP contribution in [0.2, 0.25) is 0 Å². The van der Waals surface area contributed by atoms with Gasteiger partial charge in [0, 0.05) is 6.54 Å². The van der Waals surface area contributed by atoms with Crippen molar-refractivity contribution in [1.29, 1.82) is 5.26 Å². The van der Waals surface area contributed by atoms with Crippen molar-refractivity contribution in [1.82, 2.24) is 5.32 Å². The van der Waals surface area contributed by atoms with Gasteiger partial charge < -0.3 is 5.32 Å². The van der Waals surface area contributed by atoms with Crippen molar-refractivity contribution in [3.63, 3.8) is 0 Å². The predicted octanol–water partition coefficient (Wildman–Crippen LogP) is 3.75. The maximum atomic E-state index is 8.30. The van der Waals surface area contributed by atoms with Crippen molar-refractivity contribution < 1.29 is 0 Å². The molecule has 15 heavy (non-hydrogen) atoms. The van der Waals surface area contributed by atoms with Crippen LogP contribution < -0.4 is 5.32 Å². The summed E-state index contributed by atoms with van der Waals surface area (Å²) in [4.78, 5) is 0. The molecule has 0 aromatic rings. The second-order valence-corrected chi connectivity index (χ2v) is 3.82. The van der Waals surface area contributed by atoms with Crippen molar-refractivity contribution >= 4 is 0 Å². The van der Waals surface area contributed by atoms with E-state index in [0.717, 1.165) is 13.0 Å². The Kier molecular flexibility index (Phi) is 12.2. The molecule has 0 rings (SSSR count). The summed E-state index contributed by atoms with van der Waals surface area (Å²) in [6.07, 6.45) is 14.0. The van der Waals surface area contributed by atoms with Gasteiger partial charge in [0.1, 0.15) is 0 Å². The first-order valence-corrected chi connectivity index (χ1v) is 6.17. The fourth-order valence-electron chi connectivity index (χ4n) is 1.42. The van der Waals surface area contributed by atoms with Gasteiger partial charge in [0.25, 0.3) is 0 Å². The van der Waals surface area contributed by atoms with Gasteiger partial charge in [-0.15, -0.1) is 0 Å². The fraction of sp³-hybridized carbons (Fsp3) is 0.769. The van der Waals surface area contributed by atoms with E-state index in [4.69, 9.17) is 5.26 Å². The highest BCUT2D eigenvalue weighted by molar-refractivity contribution is 4.81. The molecular weight excluding hydrogens is 184 g/mol. The minimum atomic E-state index is 0.585. The van der Waals surface area contributed by atoms with E-state index in [1.54, 1.807) is 0 Å². The van der Waals surface area contributed by atoms with E-state index in [2.05, 4.69) is 24.4 Å². The first-order chi connectivity index (χ1) is 7.41. The standard InChI is InChI=1S/C13H24N2/c1-2-3-4-5-6-7-8-9-12-15-13-10-11-14/h9,12,15H,2-8,10,13H2,1H3/b12-9+. The summed E-state index contributed by atoms with van der Waals surface area (Å²) >= 11 is 0. The lowest BCUT2D eigenvalue weighted by Crippen LogP contribution is -2.05. The van der Waals surface area contributed by atoms with Crippen molar-refractivity contribution in [2.45, 2.75) is 58.3 Å². The fourth-order valence-corrected chi connectivity index (χ4v) is 1.42. The minimum Gasteiger partial charge on any atom is -0.390 e. The molecule has 0 unspecified atom stereocenters. The van der Waals surface area contributed by atoms with Gasteiger partial charge in [-0.25, -0.2) is 0 Å². The molecule has 0 fully saturated rings. The highest BCUT2D eigenvalue weighted by atomic mass is 14.8. The number of hydrogen-bond acceptors (Lipinski definition) is 2. The smallest absolute Gasteiger partial charge is 0.0640 e. The average Bonchev–Trinajstić information content (AvgIpc) is 2.26.